The van der Waals surface area contributed by atoms with Gasteiger partial charge in [0.25, 0.3) is 15.7 Å². The van der Waals surface area contributed by atoms with Crippen LogP contribution >= 0.6 is 11.6 Å². The third-order valence-corrected chi connectivity index (χ3v) is 5.92. The Balaban J connectivity index is 2.08. The van der Waals surface area contributed by atoms with Crippen molar-refractivity contribution in [2.75, 3.05) is 10.8 Å². The fraction of sp³-hybridized carbons (Fsp3) is 0.200. The van der Waals surface area contributed by atoms with Gasteiger partial charge in [-0.3, -0.25) is 14.4 Å². The number of fused-ring (bicyclic) bond motifs is 1. The van der Waals surface area contributed by atoms with Crippen LogP contribution in [-0.2, 0) is 16.4 Å². The van der Waals surface area contributed by atoms with Crippen molar-refractivity contribution in [2.24, 2.45) is 0 Å². The van der Waals surface area contributed by atoms with E-state index in [2.05, 4.69) is 0 Å². The topological polar surface area (TPSA) is 80.5 Å². The average molecular weight is 353 g/mol. The smallest absolute Gasteiger partial charge is 0.266 e. The Labute approximate surface area is 138 Å². The first-order chi connectivity index (χ1) is 10.8. The summed E-state index contributed by atoms with van der Waals surface area (Å²) >= 11 is 5.75. The number of benzene rings is 2. The summed E-state index contributed by atoms with van der Waals surface area (Å²) in [4.78, 5) is 10.1. The summed E-state index contributed by atoms with van der Waals surface area (Å²) in [5.41, 5.74) is 2.21. The lowest BCUT2D eigenvalue weighted by Gasteiger charge is -2.19. The highest BCUT2D eigenvalue weighted by Gasteiger charge is 2.32. The maximum absolute atomic E-state index is 12.8. The van der Waals surface area contributed by atoms with E-state index in [9.17, 15) is 18.5 Å². The summed E-state index contributed by atoms with van der Waals surface area (Å²) in [5, 5.41) is 10.9. The van der Waals surface area contributed by atoms with Crippen LogP contribution in [0.1, 0.15) is 11.1 Å². The molecule has 0 unspecified atom stereocenters. The first-order valence-corrected chi connectivity index (χ1v) is 8.69. The van der Waals surface area contributed by atoms with Crippen LogP contribution in [0.4, 0.5) is 11.4 Å². The predicted octanol–water partition coefficient (Wildman–Crippen LogP) is 3.31. The maximum Gasteiger partial charge on any atom is 0.289 e. The normalized spacial score (nSPS) is 13.9. The van der Waals surface area contributed by atoms with Crippen LogP contribution in [0.25, 0.3) is 0 Å². The molecule has 120 valence electrons. The first kappa shape index (κ1) is 15.8. The molecule has 0 fully saturated rings. The second-order valence-electron chi connectivity index (χ2n) is 5.33. The standard InChI is InChI=1S/C15H13ClN2O4S/c1-10-2-5-14-11(8-10)6-7-17(14)23(21,22)12-3-4-13(16)15(9-12)18(19)20/h2-5,8-9H,6-7H2,1H3. The Morgan fingerprint density at radius 1 is 1.22 bits per heavy atom. The minimum Gasteiger partial charge on any atom is -0.266 e. The average Bonchev–Trinajstić information content (AvgIpc) is 2.90. The summed E-state index contributed by atoms with van der Waals surface area (Å²) in [7, 11) is -3.87. The fourth-order valence-corrected chi connectivity index (χ4v) is 4.38. The lowest BCUT2D eigenvalue weighted by molar-refractivity contribution is -0.384. The first-order valence-electron chi connectivity index (χ1n) is 6.87. The number of halogens is 1. The van der Waals surface area contributed by atoms with E-state index in [1.165, 1.54) is 16.4 Å². The number of rotatable bonds is 3. The number of hydrogen-bond donors (Lipinski definition) is 0. The lowest BCUT2D eigenvalue weighted by atomic mass is 10.1. The number of nitro benzene ring substituents is 1. The molecule has 0 saturated heterocycles. The summed E-state index contributed by atoms with van der Waals surface area (Å²) in [6.45, 7) is 2.26. The molecule has 0 atom stereocenters. The zero-order chi connectivity index (χ0) is 16.8. The molecular formula is C15H13ClN2O4S. The van der Waals surface area contributed by atoms with E-state index in [0.29, 0.717) is 18.7 Å². The third-order valence-electron chi connectivity index (χ3n) is 3.79. The van der Waals surface area contributed by atoms with Gasteiger partial charge in [-0.2, -0.15) is 0 Å². The van der Waals surface area contributed by atoms with Gasteiger partial charge in [0, 0.05) is 12.6 Å². The molecule has 0 radical (unpaired) electrons. The minimum absolute atomic E-state index is 0.0913. The van der Waals surface area contributed by atoms with Gasteiger partial charge in [0.05, 0.1) is 15.5 Å². The highest BCUT2D eigenvalue weighted by Crippen LogP contribution is 2.35. The van der Waals surface area contributed by atoms with Gasteiger partial charge in [-0.15, -0.1) is 0 Å². The van der Waals surface area contributed by atoms with E-state index in [-0.39, 0.29) is 9.92 Å². The van der Waals surface area contributed by atoms with E-state index in [1.54, 1.807) is 6.07 Å². The third kappa shape index (κ3) is 2.66. The molecular weight excluding hydrogens is 340 g/mol. The SMILES string of the molecule is Cc1ccc2c(c1)CCN2S(=O)(=O)c1ccc(Cl)c([N+](=O)[O-])c1. The number of sulfonamides is 1. The Morgan fingerprint density at radius 3 is 2.65 bits per heavy atom. The van der Waals surface area contributed by atoms with Gasteiger partial charge in [-0.25, -0.2) is 8.42 Å². The molecule has 2 aromatic carbocycles. The summed E-state index contributed by atoms with van der Waals surface area (Å²) in [5.74, 6) is 0. The molecule has 23 heavy (non-hydrogen) atoms. The zero-order valence-electron chi connectivity index (χ0n) is 12.2. The number of anilines is 1. The predicted molar refractivity (Wildman–Crippen MR) is 87.5 cm³/mol. The Morgan fingerprint density at radius 2 is 1.96 bits per heavy atom. The molecule has 8 heteroatoms. The van der Waals surface area contributed by atoms with Crippen molar-refractivity contribution in [2.45, 2.75) is 18.2 Å². The van der Waals surface area contributed by atoms with Gasteiger partial charge in [0.1, 0.15) is 5.02 Å². The van der Waals surface area contributed by atoms with Gasteiger partial charge >= 0.3 is 0 Å². The van der Waals surface area contributed by atoms with Crippen LogP contribution in [0, 0.1) is 17.0 Å². The van der Waals surface area contributed by atoms with Gasteiger partial charge < -0.3 is 0 Å². The van der Waals surface area contributed by atoms with Crippen LogP contribution in [0.15, 0.2) is 41.3 Å². The van der Waals surface area contributed by atoms with Gasteiger partial charge in [-0.05, 0) is 37.1 Å². The number of hydrogen-bond acceptors (Lipinski definition) is 4. The van der Waals surface area contributed by atoms with Gasteiger partial charge in [-0.1, -0.05) is 29.3 Å². The Bertz CT molecular complexity index is 912. The van der Waals surface area contributed by atoms with E-state index in [1.807, 2.05) is 19.1 Å². The molecule has 0 aliphatic carbocycles. The Hall–Kier alpha value is -2.12. The van der Waals surface area contributed by atoms with Crippen molar-refractivity contribution >= 4 is 33.0 Å². The van der Waals surface area contributed by atoms with Crippen molar-refractivity contribution in [1.82, 2.24) is 0 Å². The molecule has 0 saturated carbocycles. The van der Waals surface area contributed by atoms with Crippen LogP contribution in [0.2, 0.25) is 5.02 Å². The van der Waals surface area contributed by atoms with E-state index in [0.717, 1.165) is 17.2 Å². The molecule has 3 rings (SSSR count). The largest absolute Gasteiger partial charge is 0.289 e. The fourth-order valence-electron chi connectivity index (χ4n) is 2.67. The maximum atomic E-state index is 12.8. The molecule has 0 bridgehead atoms. The molecule has 0 aromatic heterocycles. The van der Waals surface area contributed by atoms with Crippen molar-refractivity contribution < 1.29 is 13.3 Å². The monoisotopic (exact) mass is 352 g/mol. The summed E-state index contributed by atoms with van der Waals surface area (Å²) < 4.78 is 26.9. The van der Waals surface area contributed by atoms with Crippen LogP contribution in [-0.4, -0.2) is 19.9 Å². The quantitative estimate of drug-likeness (QED) is 0.627. The van der Waals surface area contributed by atoms with Gasteiger partial charge in [0.15, 0.2) is 0 Å². The summed E-state index contributed by atoms with van der Waals surface area (Å²) in [6.07, 6.45) is 0.617. The molecule has 0 spiro atoms. The van der Waals surface area contributed by atoms with Crippen LogP contribution < -0.4 is 4.31 Å². The van der Waals surface area contributed by atoms with E-state index >= 15 is 0 Å². The molecule has 1 aliphatic heterocycles. The van der Waals surface area contributed by atoms with Crippen molar-refractivity contribution in [3.05, 3.63) is 62.7 Å². The minimum atomic E-state index is -3.87. The van der Waals surface area contributed by atoms with Crippen molar-refractivity contribution in [3.8, 4) is 0 Å². The molecule has 6 nitrogen and oxygen atoms in total. The molecule has 0 amide bonds. The molecule has 0 N–H and O–H groups in total. The second kappa shape index (κ2) is 5.50. The van der Waals surface area contributed by atoms with Crippen molar-refractivity contribution in [3.63, 3.8) is 0 Å². The van der Waals surface area contributed by atoms with Crippen LogP contribution in [0.3, 0.4) is 0 Å². The number of aryl methyl sites for hydroxylation is 1. The van der Waals surface area contributed by atoms with E-state index < -0.39 is 20.6 Å². The molecule has 1 aliphatic rings. The second-order valence-corrected chi connectivity index (χ2v) is 7.60. The highest BCUT2D eigenvalue weighted by molar-refractivity contribution is 7.92. The van der Waals surface area contributed by atoms with Gasteiger partial charge in [0.2, 0.25) is 0 Å². The van der Waals surface area contributed by atoms with Crippen LogP contribution in [0.5, 0.6) is 0 Å². The molecule has 1 heterocycles. The zero-order valence-corrected chi connectivity index (χ0v) is 13.8. The molecule has 2 aromatic rings. The Kier molecular flexibility index (Phi) is 3.77. The number of nitrogens with zero attached hydrogens (tertiary/aromatic N) is 2. The lowest BCUT2D eigenvalue weighted by Crippen LogP contribution is -2.29. The van der Waals surface area contributed by atoms with Crippen molar-refractivity contribution in [1.29, 1.82) is 0 Å². The number of nitro groups is 1. The highest BCUT2D eigenvalue weighted by atomic mass is 35.5. The van der Waals surface area contributed by atoms with E-state index in [4.69, 9.17) is 11.6 Å². The summed E-state index contributed by atoms with van der Waals surface area (Å²) in [6, 6.07) is 9.09.